The van der Waals surface area contributed by atoms with E-state index in [4.69, 9.17) is 6.42 Å². The summed E-state index contributed by atoms with van der Waals surface area (Å²) in [6.45, 7) is 1.48. The van der Waals surface area contributed by atoms with Gasteiger partial charge in [-0.2, -0.15) is 0 Å². The van der Waals surface area contributed by atoms with Crippen molar-refractivity contribution < 1.29 is 8.42 Å². The first-order valence-corrected chi connectivity index (χ1v) is 5.94. The minimum absolute atomic E-state index is 0.246. The first-order valence-electron chi connectivity index (χ1n) is 3.88. The predicted octanol–water partition coefficient (Wildman–Crippen LogP) is 0.0340. The molecule has 0 aliphatic carbocycles. The Morgan fingerprint density at radius 2 is 2.08 bits per heavy atom. The van der Waals surface area contributed by atoms with Gasteiger partial charge < -0.3 is 5.32 Å². The van der Waals surface area contributed by atoms with Crippen molar-refractivity contribution in [3.8, 4) is 12.3 Å². The Morgan fingerprint density at radius 1 is 1.42 bits per heavy atom. The van der Waals surface area contributed by atoms with Gasteiger partial charge >= 0.3 is 0 Å². The number of rotatable bonds is 6. The van der Waals surface area contributed by atoms with Crippen LogP contribution in [0.15, 0.2) is 0 Å². The van der Waals surface area contributed by atoms with E-state index in [1.54, 1.807) is 0 Å². The highest BCUT2D eigenvalue weighted by atomic mass is 32.2. The highest BCUT2D eigenvalue weighted by Gasteiger charge is 1.99. The molecule has 0 saturated heterocycles. The van der Waals surface area contributed by atoms with E-state index >= 15 is 0 Å². The Hall–Kier alpha value is -0.530. The molecular weight excluding hydrogens is 174 g/mol. The zero-order valence-electron chi connectivity index (χ0n) is 7.34. The molecule has 0 saturated carbocycles. The van der Waals surface area contributed by atoms with Gasteiger partial charge in [0.1, 0.15) is 9.84 Å². The Kier molecular flexibility index (Phi) is 5.77. The fourth-order valence-corrected chi connectivity index (χ4v) is 1.41. The predicted molar refractivity (Wildman–Crippen MR) is 50.6 cm³/mol. The van der Waals surface area contributed by atoms with Crippen molar-refractivity contribution in [1.29, 1.82) is 0 Å². The second-order valence-corrected chi connectivity index (χ2v) is 4.95. The van der Waals surface area contributed by atoms with E-state index in [-0.39, 0.29) is 5.75 Å². The molecule has 0 unspecified atom stereocenters. The molecule has 0 radical (unpaired) electrons. The molecule has 12 heavy (non-hydrogen) atoms. The minimum atomic E-state index is -2.80. The van der Waals surface area contributed by atoms with Gasteiger partial charge in [-0.1, -0.05) is 0 Å². The minimum Gasteiger partial charge on any atom is -0.316 e. The summed E-state index contributed by atoms with van der Waals surface area (Å²) >= 11 is 0. The molecule has 0 aliphatic rings. The molecule has 0 spiro atoms. The van der Waals surface area contributed by atoms with Crippen molar-refractivity contribution in [2.45, 2.75) is 12.8 Å². The van der Waals surface area contributed by atoms with Crippen molar-refractivity contribution >= 4 is 9.84 Å². The van der Waals surface area contributed by atoms with Gasteiger partial charge in [-0.3, -0.25) is 0 Å². The smallest absolute Gasteiger partial charge is 0.147 e. The lowest BCUT2D eigenvalue weighted by Crippen LogP contribution is -2.18. The molecule has 0 aromatic carbocycles. The second kappa shape index (κ2) is 6.04. The number of hydrogen-bond donors (Lipinski definition) is 1. The third-order valence-electron chi connectivity index (χ3n) is 1.31. The number of sulfone groups is 1. The molecule has 0 aliphatic heterocycles. The van der Waals surface area contributed by atoms with E-state index in [2.05, 4.69) is 11.2 Å². The molecule has 0 bridgehead atoms. The van der Waals surface area contributed by atoms with Crippen LogP contribution in [0.1, 0.15) is 12.8 Å². The van der Waals surface area contributed by atoms with Crippen molar-refractivity contribution in [3.05, 3.63) is 0 Å². The molecule has 3 nitrogen and oxygen atoms in total. The summed E-state index contributed by atoms with van der Waals surface area (Å²) in [6, 6.07) is 0. The molecule has 0 aromatic rings. The van der Waals surface area contributed by atoms with Gasteiger partial charge in [0.25, 0.3) is 0 Å². The lowest BCUT2D eigenvalue weighted by atomic mass is 10.4. The van der Waals surface area contributed by atoms with E-state index in [1.165, 1.54) is 6.26 Å². The summed E-state index contributed by atoms with van der Waals surface area (Å²) in [4.78, 5) is 0. The molecule has 0 rings (SSSR count). The fourth-order valence-electron chi connectivity index (χ4n) is 0.745. The topological polar surface area (TPSA) is 46.2 Å². The van der Waals surface area contributed by atoms with E-state index in [0.717, 1.165) is 13.1 Å². The first-order chi connectivity index (χ1) is 5.56. The van der Waals surface area contributed by atoms with Crippen LogP contribution in [0.3, 0.4) is 0 Å². The lowest BCUT2D eigenvalue weighted by Gasteiger charge is -2.00. The van der Waals surface area contributed by atoms with E-state index in [0.29, 0.717) is 12.8 Å². The van der Waals surface area contributed by atoms with Crippen LogP contribution in [0.4, 0.5) is 0 Å². The maximum Gasteiger partial charge on any atom is 0.147 e. The third kappa shape index (κ3) is 9.47. The highest BCUT2D eigenvalue weighted by Crippen LogP contribution is 1.86. The molecule has 0 aromatic heterocycles. The third-order valence-corrected chi connectivity index (χ3v) is 2.35. The molecular formula is C8H15NO2S. The van der Waals surface area contributed by atoms with Gasteiger partial charge in [0, 0.05) is 19.2 Å². The molecule has 70 valence electrons. The Balaban J connectivity index is 3.18. The zero-order valence-corrected chi connectivity index (χ0v) is 8.15. The second-order valence-electron chi connectivity index (χ2n) is 2.69. The Labute approximate surface area is 74.5 Å². The molecule has 0 amide bonds. The first kappa shape index (κ1) is 11.5. The van der Waals surface area contributed by atoms with E-state index in [9.17, 15) is 8.42 Å². The van der Waals surface area contributed by atoms with Crippen LogP contribution in [-0.2, 0) is 9.84 Å². The Morgan fingerprint density at radius 3 is 2.58 bits per heavy atom. The van der Waals surface area contributed by atoms with Gasteiger partial charge in [0.15, 0.2) is 0 Å². The average molecular weight is 189 g/mol. The lowest BCUT2D eigenvalue weighted by molar-refractivity contribution is 0.595. The number of terminal acetylenes is 1. The van der Waals surface area contributed by atoms with Crippen LogP contribution in [0.5, 0.6) is 0 Å². The molecule has 0 fully saturated rings. The van der Waals surface area contributed by atoms with Crippen molar-refractivity contribution in [1.82, 2.24) is 5.32 Å². The monoisotopic (exact) mass is 189 g/mol. The molecule has 1 N–H and O–H groups in total. The molecule has 0 atom stereocenters. The average Bonchev–Trinajstić information content (AvgIpc) is 1.94. The molecule has 4 heteroatoms. The summed E-state index contributed by atoms with van der Waals surface area (Å²) in [5, 5.41) is 3.05. The van der Waals surface area contributed by atoms with Crippen molar-refractivity contribution in [2.24, 2.45) is 0 Å². The number of nitrogens with one attached hydrogen (secondary N) is 1. The van der Waals surface area contributed by atoms with E-state index < -0.39 is 9.84 Å². The standard InChI is InChI=1S/C8H15NO2S/c1-3-4-6-9-7-5-8-12(2,10)11/h1,9H,4-8H2,2H3. The summed E-state index contributed by atoms with van der Waals surface area (Å²) in [7, 11) is -2.80. The van der Waals surface area contributed by atoms with Crippen LogP contribution in [0, 0.1) is 12.3 Å². The van der Waals surface area contributed by atoms with Crippen LogP contribution < -0.4 is 5.32 Å². The number of hydrogen-bond acceptors (Lipinski definition) is 3. The highest BCUT2D eigenvalue weighted by molar-refractivity contribution is 7.90. The summed E-state index contributed by atoms with van der Waals surface area (Å²) in [5.41, 5.74) is 0. The summed E-state index contributed by atoms with van der Waals surface area (Å²) < 4.78 is 21.3. The normalized spacial score (nSPS) is 11.0. The van der Waals surface area contributed by atoms with E-state index in [1.807, 2.05) is 0 Å². The van der Waals surface area contributed by atoms with Gasteiger partial charge in [-0.25, -0.2) is 8.42 Å². The van der Waals surface area contributed by atoms with Crippen molar-refractivity contribution in [3.63, 3.8) is 0 Å². The van der Waals surface area contributed by atoms with Crippen molar-refractivity contribution in [2.75, 3.05) is 25.1 Å². The van der Waals surface area contributed by atoms with Gasteiger partial charge in [-0.15, -0.1) is 12.3 Å². The maximum absolute atomic E-state index is 10.7. The van der Waals surface area contributed by atoms with Crippen LogP contribution in [0.2, 0.25) is 0 Å². The quantitative estimate of drug-likeness (QED) is 0.474. The Bertz CT molecular complexity index is 238. The zero-order chi connectivity index (χ0) is 9.45. The van der Waals surface area contributed by atoms with Gasteiger partial charge in [0.05, 0.1) is 5.75 Å². The van der Waals surface area contributed by atoms with Crippen LogP contribution in [0.25, 0.3) is 0 Å². The van der Waals surface area contributed by atoms with Crippen LogP contribution >= 0.6 is 0 Å². The largest absolute Gasteiger partial charge is 0.316 e. The van der Waals surface area contributed by atoms with Gasteiger partial charge in [-0.05, 0) is 13.0 Å². The summed E-state index contributed by atoms with van der Waals surface area (Å²) in [5.74, 6) is 2.74. The SMILES string of the molecule is C#CCCNCCCS(C)(=O)=O. The van der Waals surface area contributed by atoms with Crippen LogP contribution in [-0.4, -0.2) is 33.5 Å². The molecule has 0 heterocycles. The fraction of sp³-hybridized carbons (Fsp3) is 0.750. The maximum atomic E-state index is 10.7. The van der Waals surface area contributed by atoms with Gasteiger partial charge in [0.2, 0.25) is 0 Å². The summed E-state index contributed by atoms with van der Waals surface area (Å²) in [6.07, 6.45) is 7.62.